The van der Waals surface area contributed by atoms with Gasteiger partial charge in [0, 0.05) is 17.6 Å². The van der Waals surface area contributed by atoms with Crippen LogP contribution in [0.25, 0.3) is 11.0 Å². The highest BCUT2D eigenvalue weighted by atomic mass is 35.5. The van der Waals surface area contributed by atoms with Crippen molar-refractivity contribution in [1.29, 1.82) is 5.26 Å². The minimum atomic E-state index is -1.46. The summed E-state index contributed by atoms with van der Waals surface area (Å²) in [6, 6.07) is 12.5. The van der Waals surface area contributed by atoms with Crippen LogP contribution in [0, 0.1) is 11.3 Å². The molecule has 0 bridgehead atoms. The summed E-state index contributed by atoms with van der Waals surface area (Å²) < 4.78 is 0. The number of amides is 2. The molecule has 2 amide bonds. The van der Waals surface area contributed by atoms with Crippen molar-refractivity contribution in [2.24, 2.45) is 5.10 Å². The second kappa shape index (κ2) is 9.82. The predicted molar refractivity (Wildman–Crippen MR) is 118 cm³/mol. The number of hydrazone groups is 1. The fourth-order valence-corrected chi connectivity index (χ4v) is 2.99. The summed E-state index contributed by atoms with van der Waals surface area (Å²) in [6.45, 7) is 1.36. The third kappa shape index (κ3) is 5.34. The van der Waals surface area contributed by atoms with Crippen LogP contribution in [-0.4, -0.2) is 32.6 Å². The maximum atomic E-state index is 12.7. The maximum Gasteiger partial charge on any atom is 0.276 e. The lowest BCUT2D eigenvalue weighted by Gasteiger charge is -2.15. The number of hydrogen-bond donors (Lipinski definition) is 4. The molecule has 11 heteroatoms. The summed E-state index contributed by atoms with van der Waals surface area (Å²) in [6.07, 6.45) is -1.92. The summed E-state index contributed by atoms with van der Waals surface area (Å²) in [7, 11) is 0. The van der Waals surface area contributed by atoms with E-state index in [1.807, 2.05) is 0 Å². The SMILES string of the molecule is CC(=O)Nc1ccc([C@@H](O)/C(=N/NC(=O)CC#N)c2nc3ccc(Cl)cc3[nH]c2=O)cc1. The third-order valence-corrected chi connectivity index (χ3v) is 4.48. The largest absolute Gasteiger partial charge is 0.382 e. The van der Waals surface area contributed by atoms with Gasteiger partial charge in [-0.15, -0.1) is 0 Å². The van der Waals surface area contributed by atoms with Crippen molar-refractivity contribution in [1.82, 2.24) is 15.4 Å². The van der Waals surface area contributed by atoms with Crippen LogP contribution in [0.15, 0.2) is 52.4 Å². The van der Waals surface area contributed by atoms with E-state index in [1.54, 1.807) is 30.3 Å². The molecule has 1 atom stereocenters. The number of aromatic amines is 1. The van der Waals surface area contributed by atoms with Gasteiger partial charge in [-0.05, 0) is 35.9 Å². The molecule has 32 heavy (non-hydrogen) atoms. The van der Waals surface area contributed by atoms with Gasteiger partial charge in [-0.1, -0.05) is 23.7 Å². The Bertz CT molecular complexity index is 1310. The zero-order valence-corrected chi connectivity index (χ0v) is 17.5. The molecule has 0 unspecified atom stereocenters. The minimum Gasteiger partial charge on any atom is -0.382 e. The molecule has 2 aromatic carbocycles. The van der Waals surface area contributed by atoms with Gasteiger partial charge < -0.3 is 15.4 Å². The fraction of sp³-hybridized carbons (Fsp3) is 0.143. The van der Waals surface area contributed by atoms with E-state index in [-0.39, 0.29) is 17.3 Å². The number of nitrogens with one attached hydrogen (secondary N) is 3. The summed E-state index contributed by atoms with van der Waals surface area (Å²) in [5.74, 6) is -0.977. The van der Waals surface area contributed by atoms with Gasteiger partial charge in [0.1, 0.15) is 18.2 Å². The third-order valence-electron chi connectivity index (χ3n) is 4.24. The van der Waals surface area contributed by atoms with E-state index in [2.05, 4.69) is 25.8 Å². The minimum absolute atomic E-state index is 0.226. The average Bonchev–Trinajstić information content (AvgIpc) is 2.74. The van der Waals surface area contributed by atoms with Crippen molar-refractivity contribution < 1.29 is 14.7 Å². The van der Waals surface area contributed by atoms with Crippen LogP contribution >= 0.6 is 11.6 Å². The Morgan fingerprint density at radius 3 is 2.66 bits per heavy atom. The normalized spacial score (nSPS) is 12.1. The Balaban J connectivity index is 2.06. The van der Waals surface area contributed by atoms with Gasteiger partial charge >= 0.3 is 0 Å². The Morgan fingerprint density at radius 2 is 2.00 bits per heavy atom. The molecule has 0 saturated heterocycles. The van der Waals surface area contributed by atoms with Crippen molar-refractivity contribution in [3.8, 4) is 6.07 Å². The molecule has 10 nitrogen and oxygen atoms in total. The lowest BCUT2D eigenvalue weighted by Crippen LogP contribution is -2.29. The Kier molecular flexibility index (Phi) is 6.94. The molecule has 0 radical (unpaired) electrons. The zero-order chi connectivity index (χ0) is 23.3. The highest BCUT2D eigenvalue weighted by Gasteiger charge is 2.23. The molecular weight excluding hydrogens is 436 g/mol. The number of nitrogens with zero attached hydrogens (tertiary/aromatic N) is 3. The van der Waals surface area contributed by atoms with Crippen molar-refractivity contribution in [3.63, 3.8) is 0 Å². The molecule has 4 N–H and O–H groups in total. The topological polar surface area (TPSA) is 160 Å². The standard InChI is InChI=1S/C21H17ClN6O4/c1-11(29)24-14-5-2-12(3-6-14)20(31)18(28-27-17(30)8-9-23)19-21(32)26-16-10-13(22)4-7-15(16)25-19/h2-7,10,20,31H,8H2,1H3,(H,24,29)(H,26,32)(H,27,30)/b28-18+/t20-/m1/s1. The smallest absolute Gasteiger partial charge is 0.276 e. The zero-order valence-electron chi connectivity index (χ0n) is 16.7. The molecule has 1 heterocycles. The molecule has 162 valence electrons. The Labute approximate surface area is 186 Å². The van der Waals surface area contributed by atoms with Gasteiger partial charge in [0.15, 0.2) is 5.69 Å². The van der Waals surface area contributed by atoms with Crippen molar-refractivity contribution in [2.45, 2.75) is 19.4 Å². The number of aliphatic hydroxyl groups is 1. The van der Waals surface area contributed by atoms with Gasteiger partial charge in [0.2, 0.25) is 5.91 Å². The number of carbonyl (C=O) groups is 2. The molecule has 1 aromatic heterocycles. The van der Waals surface area contributed by atoms with Crippen LogP contribution in [0.2, 0.25) is 5.02 Å². The summed E-state index contributed by atoms with van der Waals surface area (Å²) in [4.78, 5) is 42.5. The van der Waals surface area contributed by atoms with Gasteiger partial charge in [-0.25, -0.2) is 10.4 Å². The molecule has 0 aliphatic rings. The fourth-order valence-electron chi connectivity index (χ4n) is 2.82. The maximum absolute atomic E-state index is 12.7. The number of hydrogen-bond acceptors (Lipinski definition) is 7. The molecule has 0 saturated carbocycles. The van der Waals surface area contributed by atoms with Crippen LogP contribution < -0.4 is 16.3 Å². The number of halogens is 1. The molecule has 3 aromatic rings. The molecule has 0 aliphatic heterocycles. The monoisotopic (exact) mass is 452 g/mol. The highest BCUT2D eigenvalue weighted by molar-refractivity contribution is 6.31. The number of aliphatic hydroxyl groups excluding tert-OH is 1. The van der Waals surface area contributed by atoms with E-state index in [1.165, 1.54) is 25.1 Å². The lowest BCUT2D eigenvalue weighted by molar-refractivity contribution is -0.120. The summed E-state index contributed by atoms with van der Waals surface area (Å²) >= 11 is 5.95. The van der Waals surface area contributed by atoms with Crippen LogP contribution in [-0.2, 0) is 9.59 Å². The van der Waals surface area contributed by atoms with Crippen LogP contribution in [0.3, 0.4) is 0 Å². The number of H-pyrrole nitrogens is 1. The van der Waals surface area contributed by atoms with Gasteiger partial charge in [0.25, 0.3) is 11.5 Å². The molecule has 0 aliphatic carbocycles. The van der Waals surface area contributed by atoms with E-state index in [9.17, 15) is 19.5 Å². The van der Waals surface area contributed by atoms with E-state index < -0.39 is 24.0 Å². The van der Waals surface area contributed by atoms with Crippen molar-refractivity contribution in [3.05, 3.63) is 69.1 Å². The number of nitriles is 1. The van der Waals surface area contributed by atoms with E-state index in [4.69, 9.17) is 16.9 Å². The molecule has 0 spiro atoms. The van der Waals surface area contributed by atoms with Gasteiger partial charge in [-0.3, -0.25) is 14.4 Å². The first-order valence-electron chi connectivity index (χ1n) is 9.27. The first-order valence-corrected chi connectivity index (χ1v) is 9.65. The molecule has 3 rings (SSSR count). The number of carbonyl (C=O) groups excluding carboxylic acids is 2. The average molecular weight is 453 g/mol. The van der Waals surface area contributed by atoms with E-state index >= 15 is 0 Å². The van der Waals surface area contributed by atoms with Gasteiger partial charge in [0.05, 0.1) is 17.1 Å². The summed E-state index contributed by atoms with van der Waals surface area (Å²) in [5, 5.41) is 26.5. The van der Waals surface area contributed by atoms with Crippen molar-refractivity contribution >= 4 is 45.8 Å². The highest BCUT2D eigenvalue weighted by Crippen LogP contribution is 2.21. The Morgan fingerprint density at radius 1 is 1.28 bits per heavy atom. The van der Waals surface area contributed by atoms with Gasteiger partial charge in [-0.2, -0.15) is 10.4 Å². The first kappa shape index (κ1) is 22.6. The number of rotatable bonds is 6. The summed E-state index contributed by atoms with van der Waals surface area (Å²) in [5.41, 5.74) is 2.62. The van der Waals surface area contributed by atoms with Crippen LogP contribution in [0.1, 0.15) is 30.7 Å². The second-order valence-corrected chi connectivity index (χ2v) is 7.09. The Hall–Kier alpha value is -4.07. The van der Waals surface area contributed by atoms with E-state index in [0.29, 0.717) is 27.3 Å². The van der Waals surface area contributed by atoms with Crippen molar-refractivity contribution in [2.75, 3.05) is 5.32 Å². The number of aromatic nitrogens is 2. The van der Waals surface area contributed by atoms with Crippen LogP contribution in [0.5, 0.6) is 0 Å². The second-order valence-electron chi connectivity index (χ2n) is 6.65. The number of fused-ring (bicyclic) bond motifs is 1. The number of anilines is 1. The first-order chi connectivity index (χ1) is 15.3. The molecule has 0 fully saturated rings. The number of benzene rings is 2. The lowest BCUT2D eigenvalue weighted by atomic mass is 10.0. The molecular formula is C21H17ClN6O4. The predicted octanol–water partition coefficient (Wildman–Crippen LogP) is 2.00. The van der Waals surface area contributed by atoms with Crippen LogP contribution in [0.4, 0.5) is 5.69 Å². The van der Waals surface area contributed by atoms with E-state index in [0.717, 1.165) is 0 Å². The quantitative estimate of drug-likeness (QED) is 0.330.